The van der Waals surface area contributed by atoms with Gasteiger partial charge in [0.05, 0.1) is 6.04 Å². The molecule has 2 aliphatic rings. The standard InChI is InChI=1S/C32H28BrNO2/c1-32(2)17-25-29-23-11-7-6-10-21(23)12-14-26(29)34-31(30(25)27(35)18-32)24-16-22(33)13-15-28(24)36-19-20-8-4-3-5-9-20/h3-16,31,34H,17-19H2,1-2H3. The lowest BCUT2D eigenvalue weighted by atomic mass is 9.68. The minimum absolute atomic E-state index is 0.0874. The summed E-state index contributed by atoms with van der Waals surface area (Å²) in [5.41, 5.74) is 6.27. The molecule has 1 unspecified atom stereocenters. The number of allylic oxidation sites excluding steroid dienone is 1. The largest absolute Gasteiger partial charge is 0.489 e. The molecule has 4 aromatic carbocycles. The van der Waals surface area contributed by atoms with Gasteiger partial charge in [0.15, 0.2) is 5.78 Å². The average molecular weight is 538 g/mol. The molecule has 1 aliphatic heterocycles. The fraction of sp³-hybridized carbons (Fsp3) is 0.219. The first-order chi connectivity index (χ1) is 17.4. The van der Waals surface area contributed by atoms with Gasteiger partial charge in [0, 0.05) is 33.3 Å². The number of hydrogen-bond donors (Lipinski definition) is 1. The molecule has 0 spiro atoms. The molecule has 6 rings (SSSR count). The van der Waals surface area contributed by atoms with Crippen molar-refractivity contribution in [3.63, 3.8) is 0 Å². The van der Waals surface area contributed by atoms with Gasteiger partial charge in [0.1, 0.15) is 12.4 Å². The number of carbonyl (C=O) groups is 1. The van der Waals surface area contributed by atoms with E-state index in [0.717, 1.165) is 39.0 Å². The van der Waals surface area contributed by atoms with Crippen molar-refractivity contribution in [2.75, 3.05) is 5.32 Å². The molecule has 0 bridgehead atoms. The average Bonchev–Trinajstić information content (AvgIpc) is 2.87. The van der Waals surface area contributed by atoms with Crippen LogP contribution in [0, 0.1) is 5.41 Å². The molecule has 0 amide bonds. The normalized spacial score (nSPS) is 18.4. The van der Waals surface area contributed by atoms with Crippen LogP contribution in [0.3, 0.4) is 0 Å². The van der Waals surface area contributed by atoms with Crippen molar-refractivity contribution in [2.45, 2.75) is 39.3 Å². The summed E-state index contributed by atoms with van der Waals surface area (Å²) in [4.78, 5) is 13.8. The second kappa shape index (κ2) is 8.94. The number of carbonyl (C=O) groups excluding carboxylic acids is 1. The van der Waals surface area contributed by atoms with Gasteiger partial charge in [-0.15, -0.1) is 0 Å². The molecule has 1 heterocycles. The Morgan fingerprint density at radius 2 is 1.72 bits per heavy atom. The Morgan fingerprint density at radius 1 is 0.944 bits per heavy atom. The highest BCUT2D eigenvalue weighted by Gasteiger charge is 2.41. The third-order valence-corrected chi connectivity index (χ3v) is 7.75. The Labute approximate surface area is 220 Å². The number of rotatable bonds is 4. The zero-order valence-electron chi connectivity index (χ0n) is 20.5. The quantitative estimate of drug-likeness (QED) is 0.283. The van der Waals surface area contributed by atoms with Crippen molar-refractivity contribution in [1.29, 1.82) is 0 Å². The van der Waals surface area contributed by atoms with E-state index in [1.165, 1.54) is 21.9 Å². The highest BCUT2D eigenvalue weighted by molar-refractivity contribution is 9.10. The maximum absolute atomic E-state index is 13.8. The number of ketones is 1. The number of Topliss-reactive ketones (excluding diaryl/α,β-unsaturated/α-hetero) is 1. The zero-order chi connectivity index (χ0) is 24.9. The van der Waals surface area contributed by atoms with Gasteiger partial charge in [-0.3, -0.25) is 4.79 Å². The smallest absolute Gasteiger partial charge is 0.162 e. The summed E-state index contributed by atoms with van der Waals surface area (Å²) in [6.45, 7) is 4.87. The highest BCUT2D eigenvalue weighted by atomic mass is 79.9. The zero-order valence-corrected chi connectivity index (χ0v) is 22.1. The van der Waals surface area contributed by atoms with Gasteiger partial charge in [0.2, 0.25) is 0 Å². The van der Waals surface area contributed by atoms with Crippen LogP contribution in [-0.2, 0) is 11.4 Å². The second-order valence-electron chi connectivity index (χ2n) is 10.6. The SMILES string of the molecule is CC1(C)CC(=O)C2=C(C1)c1c(ccc3ccccc13)NC2c1cc(Br)ccc1OCc1ccccc1. The lowest BCUT2D eigenvalue weighted by Gasteiger charge is -2.40. The molecular formula is C32H28BrNO2. The molecule has 0 aromatic heterocycles. The third kappa shape index (κ3) is 4.14. The van der Waals surface area contributed by atoms with Crippen molar-refractivity contribution in [2.24, 2.45) is 5.41 Å². The van der Waals surface area contributed by atoms with Gasteiger partial charge in [-0.25, -0.2) is 0 Å². The summed E-state index contributed by atoms with van der Waals surface area (Å²) in [6.07, 6.45) is 1.40. The second-order valence-corrected chi connectivity index (χ2v) is 11.5. The topological polar surface area (TPSA) is 38.3 Å². The number of anilines is 1. The summed E-state index contributed by atoms with van der Waals surface area (Å²) in [5.74, 6) is 1.000. The van der Waals surface area contributed by atoms with E-state index in [9.17, 15) is 4.79 Å². The van der Waals surface area contributed by atoms with Crippen LogP contribution in [-0.4, -0.2) is 5.78 Å². The first-order valence-electron chi connectivity index (χ1n) is 12.4. The van der Waals surface area contributed by atoms with E-state index in [1.54, 1.807) is 0 Å². The Morgan fingerprint density at radius 3 is 2.56 bits per heavy atom. The molecule has 4 aromatic rings. The van der Waals surface area contributed by atoms with Crippen molar-refractivity contribution in [3.8, 4) is 5.75 Å². The molecular weight excluding hydrogens is 510 g/mol. The van der Waals surface area contributed by atoms with Crippen LogP contribution in [0.25, 0.3) is 16.3 Å². The molecule has 1 aliphatic carbocycles. The van der Waals surface area contributed by atoms with E-state index < -0.39 is 0 Å². The fourth-order valence-corrected chi connectivity index (χ4v) is 6.06. The number of fused-ring (bicyclic) bond motifs is 4. The van der Waals surface area contributed by atoms with Crippen LogP contribution < -0.4 is 10.1 Å². The maximum atomic E-state index is 13.8. The van der Waals surface area contributed by atoms with Crippen LogP contribution in [0.1, 0.15) is 49.4 Å². The summed E-state index contributed by atoms with van der Waals surface area (Å²) in [5, 5.41) is 6.13. The molecule has 180 valence electrons. The molecule has 1 N–H and O–H groups in total. The van der Waals surface area contributed by atoms with E-state index in [4.69, 9.17) is 4.74 Å². The van der Waals surface area contributed by atoms with Crippen LogP contribution in [0.4, 0.5) is 5.69 Å². The molecule has 1 atom stereocenters. The summed E-state index contributed by atoms with van der Waals surface area (Å²) >= 11 is 3.66. The Balaban J connectivity index is 1.51. The van der Waals surface area contributed by atoms with E-state index in [0.29, 0.717) is 13.0 Å². The number of ether oxygens (including phenoxy) is 1. The van der Waals surface area contributed by atoms with Gasteiger partial charge in [-0.2, -0.15) is 0 Å². The Bertz CT molecular complexity index is 1520. The van der Waals surface area contributed by atoms with Crippen LogP contribution in [0.15, 0.2) is 95.0 Å². The van der Waals surface area contributed by atoms with Crippen LogP contribution >= 0.6 is 15.9 Å². The van der Waals surface area contributed by atoms with E-state index in [2.05, 4.69) is 89.7 Å². The minimum atomic E-state index is -0.277. The first-order valence-corrected chi connectivity index (χ1v) is 13.2. The predicted octanol–water partition coefficient (Wildman–Crippen LogP) is 8.49. The van der Waals surface area contributed by atoms with E-state index in [1.807, 2.05) is 30.3 Å². The molecule has 0 radical (unpaired) electrons. The van der Waals surface area contributed by atoms with Crippen molar-refractivity contribution >= 4 is 43.7 Å². The predicted molar refractivity (Wildman–Crippen MR) is 150 cm³/mol. The molecule has 36 heavy (non-hydrogen) atoms. The van der Waals surface area contributed by atoms with Crippen molar-refractivity contribution < 1.29 is 9.53 Å². The summed E-state index contributed by atoms with van der Waals surface area (Å²) in [7, 11) is 0. The monoisotopic (exact) mass is 537 g/mol. The molecule has 4 heteroatoms. The van der Waals surface area contributed by atoms with Crippen molar-refractivity contribution in [1.82, 2.24) is 0 Å². The molecule has 0 saturated heterocycles. The highest BCUT2D eigenvalue weighted by Crippen LogP contribution is 2.53. The minimum Gasteiger partial charge on any atom is -0.489 e. The Kier molecular flexibility index (Phi) is 5.72. The fourth-order valence-electron chi connectivity index (χ4n) is 5.68. The van der Waals surface area contributed by atoms with Gasteiger partial charge in [0.25, 0.3) is 0 Å². The molecule has 3 nitrogen and oxygen atoms in total. The maximum Gasteiger partial charge on any atom is 0.162 e. The number of benzene rings is 4. The lowest BCUT2D eigenvalue weighted by molar-refractivity contribution is -0.118. The van der Waals surface area contributed by atoms with Crippen LogP contribution in [0.2, 0.25) is 0 Å². The number of hydrogen-bond acceptors (Lipinski definition) is 3. The van der Waals surface area contributed by atoms with Crippen LogP contribution in [0.5, 0.6) is 5.75 Å². The van der Waals surface area contributed by atoms with Gasteiger partial charge in [-0.1, -0.05) is 90.4 Å². The summed E-state index contributed by atoms with van der Waals surface area (Å²) in [6, 6.07) is 28.7. The number of halogens is 1. The Hall–Kier alpha value is -3.37. The lowest BCUT2D eigenvalue weighted by Crippen LogP contribution is -2.33. The van der Waals surface area contributed by atoms with Gasteiger partial charge >= 0.3 is 0 Å². The first kappa shape index (κ1) is 23.1. The van der Waals surface area contributed by atoms with E-state index in [-0.39, 0.29) is 17.2 Å². The van der Waals surface area contributed by atoms with Gasteiger partial charge in [-0.05, 0) is 58.0 Å². The third-order valence-electron chi connectivity index (χ3n) is 7.26. The van der Waals surface area contributed by atoms with Gasteiger partial charge < -0.3 is 10.1 Å². The van der Waals surface area contributed by atoms with E-state index >= 15 is 0 Å². The molecule has 0 fully saturated rings. The number of nitrogens with one attached hydrogen (secondary N) is 1. The van der Waals surface area contributed by atoms with Crippen molar-refractivity contribution in [3.05, 3.63) is 112 Å². The molecule has 0 saturated carbocycles. The summed E-state index contributed by atoms with van der Waals surface area (Å²) < 4.78 is 7.31.